The first-order chi connectivity index (χ1) is 17.1. The van der Waals surface area contributed by atoms with E-state index in [0.717, 1.165) is 44.3 Å². The van der Waals surface area contributed by atoms with Crippen molar-refractivity contribution in [3.05, 3.63) is 53.3 Å². The molecule has 9 heteroatoms. The first-order valence-electron chi connectivity index (χ1n) is 12.7. The number of carbonyl (C=O) groups excluding carboxylic acids is 3. The van der Waals surface area contributed by atoms with E-state index in [2.05, 4.69) is 10.4 Å². The van der Waals surface area contributed by atoms with Crippen LogP contribution in [0.5, 0.6) is 0 Å². The SMILES string of the molecule is O=C(NCC1CCCO1)C1CCCCN1C(=O)c1cc2n(n1)CCCN(Cc1ccccc1)C2=O. The van der Waals surface area contributed by atoms with Crippen LogP contribution in [0.2, 0.25) is 0 Å². The second kappa shape index (κ2) is 10.6. The van der Waals surface area contributed by atoms with Gasteiger partial charge < -0.3 is 19.9 Å². The molecule has 3 amide bonds. The van der Waals surface area contributed by atoms with Crippen LogP contribution in [-0.4, -0.2) is 75.7 Å². The topological polar surface area (TPSA) is 96.8 Å². The van der Waals surface area contributed by atoms with E-state index in [1.165, 1.54) is 0 Å². The van der Waals surface area contributed by atoms with Gasteiger partial charge in [0.1, 0.15) is 11.7 Å². The van der Waals surface area contributed by atoms with Crippen LogP contribution >= 0.6 is 0 Å². The van der Waals surface area contributed by atoms with Gasteiger partial charge in [-0.2, -0.15) is 5.10 Å². The average molecular weight is 480 g/mol. The molecule has 3 aliphatic rings. The fraction of sp³-hybridized carbons (Fsp3) is 0.538. The third kappa shape index (κ3) is 5.24. The predicted octanol–water partition coefficient (Wildman–Crippen LogP) is 2.22. The van der Waals surface area contributed by atoms with Crippen LogP contribution in [0.3, 0.4) is 0 Å². The van der Waals surface area contributed by atoms with Crippen molar-refractivity contribution in [2.24, 2.45) is 0 Å². The molecule has 1 N–H and O–H groups in total. The lowest BCUT2D eigenvalue weighted by molar-refractivity contribution is -0.127. The van der Waals surface area contributed by atoms with Gasteiger partial charge in [-0.25, -0.2) is 0 Å². The first kappa shape index (κ1) is 23.5. The standard InChI is InChI=1S/C26H33N5O4/c32-24(27-17-20-10-6-15-35-20)22-11-4-5-13-30(22)25(33)21-16-23-26(34)29(12-7-14-31(23)28-21)18-19-8-2-1-3-9-19/h1-3,8-9,16,20,22H,4-7,10-15,17-18H2,(H,27,32). The zero-order valence-corrected chi connectivity index (χ0v) is 20.0. The zero-order valence-electron chi connectivity index (χ0n) is 20.0. The molecule has 0 bridgehead atoms. The second-order valence-corrected chi connectivity index (χ2v) is 9.59. The van der Waals surface area contributed by atoms with E-state index >= 15 is 0 Å². The molecule has 4 heterocycles. The maximum absolute atomic E-state index is 13.5. The van der Waals surface area contributed by atoms with E-state index in [-0.39, 0.29) is 29.5 Å². The number of ether oxygens (including phenoxy) is 1. The monoisotopic (exact) mass is 479 g/mol. The van der Waals surface area contributed by atoms with Crippen LogP contribution in [0, 0.1) is 0 Å². The van der Waals surface area contributed by atoms with Crippen molar-refractivity contribution in [2.45, 2.75) is 63.8 Å². The molecule has 3 aliphatic heterocycles. The maximum atomic E-state index is 13.5. The summed E-state index contributed by atoms with van der Waals surface area (Å²) in [5, 5.41) is 7.49. The summed E-state index contributed by atoms with van der Waals surface area (Å²) in [7, 11) is 0. The normalized spacial score (nSPS) is 22.6. The first-order valence-corrected chi connectivity index (χ1v) is 12.7. The van der Waals surface area contributed by atoms with E-state index in [0.29, 0.717) is 44.8 Å². The Morgan fingerprint density at radius 3 is 2.69 bits per heavy atom. The van der Waals surface area contributed by atoms with Crippen molar-refractivity contribution in [2.75, 3.05) is 26.2 Å². The van der Waals surface area contributed by atoms with Crippen LogP contribution in [-0.2, 0) is 22.6 Å². The Hall–Kier alpha value is -3.20. The van der Waals surface area contributed by atoms with Gasteiger partial charge >= 0.3 is 0 Å². The number of hydrogen-bond donors (Lipinski definition) is 1. The highest BCUT2D eigenvalue weighted by Crippen LogP contribution is 2.22. The molecule has 0 aliphatic carbocycles. The smallest absolute Gasteiger partial charge is 0.275 e. The molecule has 2 unspecified atom stereocenters. The molecule has 1 aromatic heterocycles. The highest BCUT2D eigenvalue weighted by molar-refractivity contribution is 5.99. The van der Waals surface area contributed by atoms with E-state index in [9.17, 15) is 14.4 Å². The van der Waals surface area contributed by atoms with Gasteiger partial charge in [-0.1, -0.05) is 30.3 Å². The average Bonchev–Trinajstić information content (AvgIpc) is 3.54. The van der Waals surface area contributed by atoms with Crippen molar-refractivity contribution >= 4 is 17.7 Å². The number of likely N-dealkylation sites (tertiary alicyclic amines) is 1. The molecule has 1 aromatic carbocycles. The summed E-state index contributed by atoms with van der Waals surface area (Å²) in [6.07, 6.45) is 5.15. The lowest BCUT2D eigenvalue weighted by atomic mass is 10.0. The van der Waals surface area contributed by atoms with Crippen LogP contribution in [0.25, 0.3) is 0 Å². The van der Waals surface area contributed by atoms with Gasteiger partial charge in [0, 0.05) is 45.4 Å². The molecule has 9 nitrogen and oxygen atoms in total. The molecule has 2 saturated heterocycles. The summed E-state index contributed by atoms with van der Waals surface area (Å²) < 4.78 is 7.25. The molecular weight excluding hydrogens is 446 g/mol. The third-order valence-electron chi connectivity index (χ3n) is 7.11. The minimum atomic E-state index is -0.524. The summed E-state index contributed by atoms with van der Waals surface area (Å²) in [5.41, 5.74) is 1.72. The highest BCUT2D eigenvalue weighted by Gasteiger charge is 2.35. The molecule has 0 saturated carbocycles. The van der Waals surface area contributed by atoms with Crippen LogP contribution in [0.4, 0.5) is 0 Å². The summed E-state index contributed by atoms with van der Waals surface area (Å²) in [5.74, 6) is -0.549. The molecule has 2 atom stereocenters. The summed E-state index contributed by atoms with van der Waals surface area (Å²) in [6.45, 7) is 3.45. The van der Waals surface area contributed by atoms with Crippen LogP contribution in [0.15, 0.2) is 36.4 Å². The van der Waals surface area contributed by atoms with Gasteiger partial charge in [-0.05, 0) is 44.1 Å². The quantitative estimate of drug-likeness (QED) is 0.685. The number of aromatic nitrogens is 2. The number of piperidine rings is 1. The fourth-order valence-corrected chi connectivity index (χ4v) is 5.23. The van der Waals surface area contributed by atoms with Crippen molar-refractivity contribution < 1.29 is 19.1 Å². The highest BCUT2D eigenvalue weighted by atomic mass is 16.5. The van der Waals surface area contributed by atoms with E-state index < -0.39 is 6.04 Å². The Kier molecular flexibility index (Phi) is 7.13. The van der Waals surface area contributed by atoms with E-state index in [1.54, 1.807) is 15.6 Å². The van der Waals surface area contributed by atoms with Crippen LogP contribution in [0.1, 0.15) is 65.1 Å². The minimum absolute atomic E-state index is 0.0559. The number of aryl methyl sites for hydroxylation is 1. The van der Waals surface area contributed by atoms with Gasteiger partial charge in [0.15, 0.2) is 5.69 Å². The molecule has 35 heavy (non-hydrogen) atoms. The van der Waals surface area contributed by atoms with Crippen LogP contribution < -0.4 is 5.32 Å². The number of amides is 3. The fourth-order valence-electron chi connectivity index (χ4n) is 5.23. The molecule has 186 valence electrons. The molecule has 0 spiro atoms. The van der Waals surface area contributed by atoms with Gasteiger partial charge in [-0.15, -0.1) is 0 Å². The van der Waals surface area contributed by atoms with Crippen molar-refractivity contribution in [1.82, 2.24) is 24.9 Å². The molecule has 0 radical (unpaired) electrons. The third-order valence-corrected chi connectivity index (χ3v) is 7.11. The Balaban J connectivity index is 1.29. The zero-order chi connectivity index (χ0) is 24.2. The van der Waals surface area contributed by atoms with Gasteiger partial charge in [0.2, 0.25) is 5.91 Å². The Bertz CT molecular complexity index is 1060. The molecule has 5 rings (SSSR count). The number of benzene rings is 1. The largest absolute Gasteiger partial charge is 0.376 e. The minimum Gasteiger partial charge on any atom is -0.376 e. The number of carbonyl (C=O) groups is 3. The second-order valence-electron chi connectivity index (χ2n) is 9.59. The number of fused-ring (bicyclic) bond motifs is 1. The van der Waals surface area contributed by atoms with Gasteiger partial charge in [0.25, 0.3) is 11.8 Å². The Labute approximate surface area is 205 Å². The lowest BCUT2D eigenvalue weighted by Crippen LogP contribution is -2.52. The molecule has 2 aromatic rings. The van der Waals surface area contributed by atoms with E-state index in [1.807, 2.05) is 35.2 Å². The summed E-state index contributed by atoms with van der Waals surface area (Å²) >= 11 is 0. The summed E-state index contributed by atoms with van der Waals surface area (Å²) in [6, 6.07) is 11.0. The molecule has 2 fully saturated rings. The van der Waals surface area contributed by atoms with Crippen molar-refractivity contribution in [3.8, 4) is 0 Å². The number of nitrogens with one attached hydrogen (secondary N) is 1. The number of hydrogen-bond acceptors (Lipinski definition) is 5. The summed E-state index contributed by atoms with van der Waals surface area (Å²) in [4.78, 5) is 43.2. The molecular formula is C26H33N5O4. The predicted molar refractivity (Wildman–Crippen MR) is 129 cm³/mol. The van der Waals surface area contributed by atoms with E-state index in [4.69, 9.17) is 4.74 Å². The van der Waals surface area contributed by atoms with Crippen molar-refractivity contribution in [1.29, 1.82) is 0 Å². The Morgan fingerprint density at radius 2 is 1.89 bits per heavy atom. The number of rotatable bonds is 6. The van der Waals surface area contributed by atoms with Gasteiger partial charge in [0.05, 0.1) is 6.10 Å². The lowest BCUT2D eigenvalue weighted by Gasteiger charge is -2.34. The van der Waals surface area contributed by atoms with Gasteiger partial charge in [-0.3, -0.25) is 19.1 Å². The Morgan fingerprint density at radius 1 is 1.03 bits per heavy atom. The maximum Gasteiger partial charge on any atom is 0.275 e. The van der Waals surface area contributed by atoms with Crippen molar-refractivity contribution in [3.63, 3.8) is 0 Å². The number of nitrogens with zero attached hydrogens (tertiary/aromatic N) is 4.